The van der Waals surface area contributed by atoms with Crippen molar-refractivity contribution in [3.05, 3.63) is 11.1 Å². The van der Waals surface area contributed by atoms with Crippen LogP contribution in [0.15, 0.2) is 5.38 Å². The van der Waals surface area contributed by atoms with Crippen LogP contribution in [0, 0.1) is 0 Å². The average Bonchev–Trinajstić information content (AvgIpc) is 2.85. The molecule has 1 N–H and O–H groups in total. The number of thiazole rings is 1. The van der Waals surface area contributed by atoms with Gasteiger partial charge in [-0.25, -0.2) is 9.78 Å². The number of hydrogen-bond acceptors (Lipinski definition) is 7. The Kier molecular flexibility index (Phi) is 7.39. The van der Waals surface area contributed by atoms with Gasteiger partial charge in [0.1, 0.15) is 0 Å². The number of likely N-dealkylation sites (N-methyl/N-ethyl adjacent to an activating group) is 1. The Morgan fingerprint density at radius 1 is 1.53 bits per heavy atom. The lowest BCUT2D eigenvalue weighted by Gasteiger charge is -2.15. The first-order chi connectivity index (χ1) is 9.17. The summed E-state index contributed by atoms with van der Waals surface area (Å²) in [6, 6.07) is 0. The van der Waals surface area contributed by atoms with E-state index in [0.717, 1.165) is 31.4 Å². The molecule has 0 aliphatic carbocycles. The fraction of sp³-hybridized carbons (Fsp3) is 0.667. The molecule has 0 unspecified atom stereocenters. The number of ether oxygens (including phenoxy) is 2. The Labute approximate surface area is 117 Å². The van der Waals surface area contributed by atoms with E-state index in [1.54, 1.807) is 19.4 Å². The van der Waals surface area contributed by atoms with E-state index in [4.69, 9.17) is 9.47 Å². The molecule has 19 heavy (non-hydrogen) atoms. The zero-order valence-electron chi connectivity index (χ0n) is 11.6. The lowest BCUT2D eigenvalue weighted by molar-refractivity contribution is 0.0520. The molecule has 0 bridgehead atoms. The normalized spacial score (nSPS) is 10.7. The van der Waals surface area contributed by atoms with Crippen molar-refractivity contribution < 1.29 is 14.3 Å². The lowest BCUT2D eigenvalue weighted by atomic mass is 10.5. The number of rotatable bonds is 9. The van der Waals surface area contributed by atoms with Gasteiger partial charge in [0.25, 0.3) is 0 Å². The maximum absolute atomic E-state index is 11.4. The third-order valence-corrected chi connectivity index (χ3v) is 3.24. The largest absolute Gasteiger partial charge is 0.461 e. The number of anilines is 1. The van der Waals surface area contributed by atoms with Crippen LogP contribution in [-0.2, 0) is 9.47 Å². The number of esters is 1. The molecule has 1 aromatic rings. The number of nitrogens with one attached hydrogen (secondary N) is 1. The van der Waals surface area contributed by atoms with Crippen LogP contribution >= 0.6 is 11.3 Å². The second-order valence-corrected chi connectivity index (χ2v) is 4.84. The van der Waals surface area contributed by atoms with E-state index in [2.05, 4.69) is 15.2 Å². The molecule has 0 radical (unpaired) electrons. The van der Waals surface area contributed by atoms with E-state index in [9.17, 15) is 4.79 Å². The highest BCUT2D eigenvalue weighted by Gasteiger charge is 2.11. The van der Waals surface area contributed by atoms with Crippen LogP contribution in [0.2, 0.25) is 0 Å². The van der Waals surface area contributed by atoms with Gasteiger partial charge in [0.15, 0.2) is 10.8 Å². The molecule has 108 valence electrons. The van der Waals surface area contributed by atoms with Crippen molar-refractivity contribution in [2.75, 3.05) is 52.3 Å². The van der Waals surface area contributed by atoms with Crippen molar-refractivity contribution in [1.29, 1.82) is 0 Å². The van der Waals surface area contributed by atoms with Crippen molar-refractivity contribution in [2.24, 2.45) is 0 Å². The van der Waals surface area contributed by atoms with Gasteiger partial charge in [-0.1, -0.05) is 0 Å². The monoisotopic (exact) mass is 287 g/mol. The van der Waals surface area contributed by atoms with Crippen LogP contribution in [0.3, 0.4) is 0 Å². The van der Waals surface area contributed by atoms with E-state index in [0.29, 0.717) is 12.3 Å². The Bertz CT molecular complexity index is 384. The Morgan fingerprint density at radius 2 is 2.32 bits per heavy atom. The third-order valence-electron chi connectivity index (χ3n) is 2.44. The molecular weight excluding hydrogens is 266 g/mol. The summed E-state index contributed by atoms with van der Waals surface area (Å²) in [6.45, 7) is 5.42. The molecule has 0 aliphatic heterocycles. The standard InChI is InChI=1S/C12H21N3O3S/c1-4-18-11(16)10-9-19-12(14-10)13-5-6-15(2)7-8-17-3/h9H,4-8H2,1-3H3,(H,13,14). The van der Waals surface area contributed by atoms with Gasteiger partial charge >= 0.3 is 5.97 Å². The highest BCUT2D eigenvalue weighted by atomic mass is 32.1. The predicted molar refractivity (Wildman–Crippen MR) is 75.9 cm³/mol. The number of hydrogen-bond donors (Lipinski definition) is 1. The summed E-state index contributed by atoms with van der Waals surface area (Å²) in [5.74, 6) is -0.371. The molecular formula is C12H21N3O3S. The van der Waals surface area contributed by atoms with Crippen molar-refractivity contribution in [3.63, 3.8) is 0 Å². The van der Waals surface area contributed by atoms with Crippen LogP contribution in [-0.4, -0.2) is 62.9 Å². The summed E-state index contributed by atoms with van der Waals surface area (Å²) in [4.78, 5) is 17.8. The quantitative estimate of drug-likeness (QED) is 0.691. The van der Waals surface area contributed by atoms with Crippen LogP contribution in [0.4, 0.5) is 5.13 Å². The second-order valence-electron chi connectivity index (χ2n) is 3.98. The van der Waals surface area contributed by atoms with E-state index < -0.39 is 0 Å². The molecule has 0 saturated heterocycles. The minimum absolute atomic E-state index is 0.363. The van der Waals surface area contributed by atoms with E-state index in [-0.39, 0.29) is 5.97 Å². The number of carbonyl (C=O) groups excluding carboxylic acids is 1. The molecule has 0 fully saturated rings. The van der Waals surface area contributed by atoms with Crippen molar-refractivity contribution in [2.45, 2.75) is 6.92 Å². The van der Waals surface area contributed by atoms with Gasteiger partial charge in [0, 0.05) is 32.1 Å². The average molecular weight is 287 g/mol. The maximum atomic E-state index is 11.4. The van der Waals surface area contributed by atoms with Crippen molar-refractivity contribution in [1.82, 2.24) is 9.88 Å². The molecule has 0 aliphatic rings. The molecule has 6 nitrogen and oxygen atoms in total. The van der Waals surface area contributed by atoms with Crippen LogP contribution in [0.1, 0.15) is 17.4 Å². The van der Waals surface area contributed by atoms with Crippen LogP contribution in [0.5, 0.6) is 0 Å². The van der Waals surface area contributed by atoms with Crippen molar-refractivity contribution >= 4 is 22.4 Å². The summed E-state index contributed by atoms with van der Waals surface area (Å²) in [5.41, 5.74) is 0.363. The first-order valence-corrected chi connectivity index (χ1v) is 7.09. The molecule has 0 amide bonds. The summed E-state index contributed by atoms with van der Waals surface area (Å²) >= 11 is 1.41. The summed E-state index contributed by atoms with van der Waals surface area (Å²) in [7, 11) is 3.73. The number of methoxy groups -OCH3 is 1. The second kappa shape index (κ2) is 8.84. The van der Waals surface area contributed by atoms with E-state index >= 15 is 0 Å². The van der Waals surface area contributed by atoms with Crippen LogP contribution in [0.25, 0.3) is 0 Å². The third kappa shape index (κ3) is 6.00. The number of carbonyl (C=O) groups is 1. The molecule has 0 saturated carbocycles. The highest BCUT2D eigenvalue weighted by molar-refractivity contribution is 7.13. The van der Waals surface area contributed by atoms with Gasteiger partial charge in [-0.05, 0) is 14.0 Å². The van der Waals surface area contributed by atoms with E-state index in [1.165, 1.54) is 11.3 Å². The molecule has 7 heteroatoms. The zero-order chi connectivity index (χ0) is 14.1. The minimum Gasteiger partial charge on any atom is -0.461 e. The predicted octanol–water partition coefficient (Wildman–Crippen LogP) is 1.31. The van der Waals surface area contributed by atoms with Gasteiger partial charge in [-0.2, -0.15) is 0 Å². The van der Waals surface area contributed by atoms with Gasteiger partial charge in [0.2, 0.25) is 0 Å². The molecule has 0 atom stereocenters. The Balaban J connectivity index is 2.28. The molecule has 0 spiro atoms. The molecule has 0 aromatic carbocycles. The minimum atomic E-state index is -0.371. The fourth-order valence-corrected chi connectivity index (χ4v) is 2.07. The van der Waals surface area contributed by atoms with Gasteiger partial charge < -0.3 is 19.7 Å². The number of aromatic nitrogens is 1. The highest BCUT2D eigenvalue weighted by Crippen LogP contribution is 2.15. The summed E-state index contributed by atoms with van der Waals surface area (Å²) in [6.07, 6.45) is 0. The first-order valence-electron chi connectivity index (χ1n) is 6.21. The first kappa shape index (κ1) is 15.9. The Hall–Kier alpha value is -1.18. The lowest BCUT2D eigenvalue weighted by Crippen LogP contribution is -2.28. The number of nitrogens with zero attached hydrogens (tertiary/aromatic N) is 2. The van der Waals surface area contributed by atoms with E-state index in [1.807, 2.05) is 7.05 Å². The fourth-order valence-electron chi connectivity index (χ4n) is 1.37. The van der Waals surface area contributed by atoms with Gasteiger partial charge in [-0.3, -0.25) is 0 Å². The van der Waals surface area contributed by atoms with Gasteiger partial charge in [-0.15, -0.1) is 11.3 Å². The van der Waals surface area contributed by atoms with Crippen molar-refractivity contribution in [3.8, 4) is 0 Å². The zero-order valence-corrected chi connectivity index (χ0v) is 12.5. The SMILES string of the molecule is CCOC(=O)c1csc(NCCN(C)CCOC)n1. The van der Waals surface area contributed by atoms with Crippen LogP contribution < -0.4 is 5.32 Å². The van der Waals surface area contributed by atoms with Gasteiger partial charge in [0.05, 0.1) is 13.2 Å². The topological polar surface area (TPSA) is 63.7 Å². The molecule has 1 heterocycles. The molecule has 1 rings (SSSR count). The maximum Gasteiger partial charge on any atom is 0.357 e. The summed E-state index contributed by atoms with van der Waals surface area (Å²) in [5, 5.41) is 5.63. The summed E-state index contributed by atoms with van der Waals surface area (Å²) < 4.78 is 9.89. The Morgan fingerprint density at radius 3 is 3.00 bits per heavy atom. The molecule has 1 aromatic heterocycles. The smallest absolute Gasteiger partial charge is 0.357 e.